The van der Waals surface area contributed by atoms with Gasteiger partial charge in [-0.15, -0.1) is 0 Å². The zero-order valence-electron chi connectivity index (χ0n) is 21.4. The molecule has 0 spiro atoms. The molecule has 6 aromatic carbocycles. The third-order valence-electron chi connectivity index (χ3n) is 7.33. The van der Waals surface area contributed by atoms with E-state index in [1.807, 2.05) is 25.2 Å². The molecule has 0 heterocycles. The van der Waals surface area contributed by atoms with Gasteiger partial charge in [0.25, 0.3) is 0 Å². The standard InChI is InChI=1S/C36H30N2/c1-38-36-32(25-11-5-2-6-12-25)22-19-28-17-18-29-23-30(20-21-31(29)35(28)36)33(26-13-7-3-8-14-26)24-34(37)27-15-9-4-10-16-27/h2-24,33,38H,37H2,1H3/b34-24-. The number of hydrogen-bond donors (Lipinski definition) is 2. The van der Waals surface area contributed by atoms with E-state index in [-0.39, 0.29) is 5.92 Å². The average molecular weight is 491 g/mol. The lowest BCUT2D eigenvalue weighted by Crippen LogP contribution is -2.04. The van der Waals surface area contributed by atoms with Crippen molar-refractivity contribution < 1.29 is 0 Å². The number of nitrogens with one attached hydrogen (secondary N) is 1. The Labute approximate surface area is 224 Å². The van der Waals surface area contributed by atoms with E-state index in [9.17, 15) is 0 Å². The van der Waals surface area contributed by atoms with Gasteiger partial charge in [0.1, 0.15) is 0 Å². The zero-order chi connectivity index (χ0) is 25.9. The summed E-state index contributed by atoms with van der Waals surface area (Å²) in [6.45, 7) is 0. The Morgan fingerprint density at radius 2 is 1.29 bits per heavy atom. The molecule has 0 bridgehead atoms. The van der Waals surface area contributed by atoms with Crippen molar-refractivity contribution in [3.05, 3.63) is 156 Å². The Morgan fingerprint density at radius 1 is 0.658 bits per heavy atom. The maximum Gasteiger partial charge on any atom is 0.0503 e. The first-order valence-corrected chi connectivity index (χ1v) is 13.0. The zero-order valence-corrected chi connectivity index (χ0v) is 21.4. The van der Waals surface area contributed by atoms with Crippen molar-refractivity contribution in [1.82, 2.24) is 0 Å². The van der Waals surface area contributed by atoms with Crippen LogP contribution in [0.2, 0.25) is 0 Å². The summed E-state index contributed by atoms with van der Waals surface area (Å²) in [5.41, 5.74) is 14.4. The lowest BCUT2D eigenvalue weighted by Gasteiger charge is -2.18. The number of nitrogens with two attached hydrogens (primary N) is 1. The highest BCUT2D eigenvalue weighted by Gasteiger charge is 2.16. The molecule has 0 fully saturated rings. The fourth-order valence-electron chi connectivity index (χ4n) is 5.44. The number of anilines is 1. The molecule has 0 saturated heterocycles. The minimum Gasteiger partial charge on any atom is -0.398 e. The van der Waals surface area contributed by atoms with Gasteiger partial charge in [-0.05, 0) is 44.5 Å². The Kier molecular flexibility index (Phi) is 6.37. The molecule has 2 nitrogen and oxygen atoms in total. The summed E-state index contributed by atoms with van der Waals surface area (Å²) in [6, 6.07) is 47.1. The fraction of sp³-hybridized carbons (Fsp3) is 0.0556. The second-order valence-corrected chi connectivity index (χ2v) is 9.62. The van der Waals surface area contributed by atoms with E-state index < -0.39 is 0 Å². The number of allylic oxidation sites excluding steroid dienone is 1. The maximum atomic E-state index is 6.62. The summed E-state index contributed by atoms with van der Waals surface area (Å²) in [6.07, 6.45) is 2.18. The molecule has 0 aliphatic rings. The average Bonchev–Trinajstić information content (AvgIpc) is 3.00. The molecule has 3 N–H and O–H groups in total. The van der Waals surface area contributed by atoms with E-state index in [1.165, 1.54) is 43.8 Å². The minimum atomic E-state index is 0.0379. The van der Waals surface area contributed by atoms with Crippen molar-refractivity contribution in [3.63, 3.8) is 0 Å². The Morgan fingerprint density at radius 3 is 2.00 bits per heavy atom. The SMILES string of the molecule is CNc1c(-c2ccccc2)ccc2ccc3cc(C(/C=C(\N)c4ccccc4)c4ccccc4)ccc3c12. The summed E-state index contributed by atoms with van der Waals surface area (Å²) in [7, 11) is 2.01. The van der Waals surface area contributed by atoms with E-state index in [4.69, 9.17) is 5.73 Å². The Bertz CT molecular complexity index is 1740. The van der Waals surface area contributed by atoms with Gasteiger partial charge in [-0.25, -0.2) is 0 Å². The van der Waals surface area contributed by atoms with Gasteiger partial charge >= 0.3 is 0 Å². The van der Waals surface area contributed by atoms with Crippen molar-refractivity contribution in [2.75, 3.05) is 12.4 Å². The highest BCUT2D eigenvalue weighted by Crippen LogP contribution is 2.40. The molecule has 6 aromatic rings. The predicted octanol–water partition coefficient (Wildman–Crippen LogP) is 8.83. The van der Waals surface area contributed by atoms with Crippen molar-refractivity contribution in [1.29, 1.82) is 0 Å². The molecule has 0 aliphatic carbocycles. The van der Waals surface area contributed by atoms with Crippen LogP contribution < -0.4 is 11.1 Å². The highest BCUT2D eigenvalue weighted by molar-refractivity contribution is 6.16. The molecule has 0 amide bonds. The van der Waals surface area contributed by atoms with Crippen LogP contribution in [0.15, 0.2) is 140 Å². The number of hydrogen-bond acceptors (Lipinski definition) is 2. The molecule has 6 rings (SSSR count). The molecule has 0 radical (unpaired) electrons. The summed E-state index contributed by atoms with van der Waals surface area (Å²) in [4.78, 5) is 0. The Balaban J connectivity index is 1.53. The maximum absolute atomic E-state index is 6.62. The van der Waals surface area contributed by atoms with Crippen molar-refractivity contribution >= 4 is 32.9 Å². The van der Waals surface area contributed by atoms with Crippen LogP contribution in [0.4, 0.5) is 5.69 Å². The van der Waals surface area contributed by atoms with E-state index in [2.05, 4.69) is 127 Å². The summed E-state index contributed by atoms with van der Waals surface area (Å²) >= 11 is 0. The summed E-state index contributed by atoms with van der Waals surface area (Å²) < 4.78 is 0. The van der Waals surface area contributed by atoms with Gasteiger partial charge in [-0.1, -0.05) is 133 Å². The third-order valence-corrected chi connectivity index (χ3v) is 7.33. The summed E-state index contributed by atoms with van der Waals surface area (Å²) in [5, 5.41) is 8.43. The molecular weight excluding hydrogens is 460 g/mol. The van der Waals surface area contributed by atoms with Crippen molar-refractivity contribution in [2.45, 2.75) is 5.92 Å². The van der Waals surface area contributed by atoms with Gasteiger partial charge in [0.05, 0.1) is 5.69 Å². The lowest BCUT2D eigenvalue weighted by atomic mass is 9.87. The van der Waals surface area contributed by atoms with Gasteiger partial charge in [-0.3, -0.25) is 0 Å². The van der Waals surface area contributed by atoms with E-state index in [0.717, 1.165) is 16.9 Å². The van der Waals surface area contributed by atoms with Gasteiger partial charge in [-0.2, -0.15) is 0 Å². The quantitative estimate of drug-likeness (QED) is 0.229. The van der Waals surface area contributed by atoms with E-state index in [0.29, 0.717) is 0 Å². The predicted molar refractivity (Wildman–Crippen MR) is 163 cm³/mol. The first-order valence-electron chi connectivity index (χ1n) is 13.0. The third kappa shape index (κ3) is 4.42. The molecule has 38 heavy (non-hydrogen) atoms. The van der Waals surface area contributed by atoms with Crippen LogP contribution in [-0.4, -0.2) is 7.05 Å². The molecule has 0 aliphatic heterocycles. The molecule has 1 atom stereocenters. The van der Waals surface area contributed by atoms with Crippen LogP contribution >= 0.6 is 0 Å². The first kappa shape index (κ1) is 23.6. The molecule has 184 valence electrons. The summed E-state index contributed by atoms with van der Waals surface area (Å²) in [5.74, 6) is 0.0379. The molecule has 2 heteroatoms. The lowest BCUT2D eigenvalue weighted by molar-refractivity contribution is 1.03. The van der Waals surface area contributed by atoms with E-state index >= 15 is 0 Å². The number of rotatable bonds is 6. The van der Waals surface area contributed by atoms with Gasteiger partial charge in [0, 0.05) is 29.6 Å². The van der Waals surface area contributed by atoms with E-state index in [1.54, 1.807) is 0 Å². The second-order valence-electron chi connectivity index (χ2n) is 9.62. The number of fused-ring (bicyclic) bond motifs is 3. The molecule has 1 unspecified atom stereocenters. The highest BCUT2D eigenvalue weighted by atomic mass is 14.8. The smallest absolute Gasteiger partial charge is 0.0503 e. The fourth-order valence-corrected chi connectivity index (χ4v) is 5.44. The van der Waals surface area contributed by atoms with Crippen LogP contribution in [0.3, 0.4) is 0 Å². The number of benzene rings is 6. The molecule has 0 aromatic heterocycles. The Hall–Kier alpha value is -4.82. The van der Waals surface area contributed by atoms with Crippen LogP contribution in [0.1, 0.15) is 22.6 Å². The largest absolute Gasteiger partial charge is 0.398 e. The van der Waals surface area contributed by atoms with Gasteiger partial charge < -0.3 is 11.1 Å². The van der Waals surface area contributed by atoms with Crippen molar-refractivity contribution in [2.24, 2.45) is 5.73 Å². The van der Waals surface area contributed by atoms with Crippen LogP contribution in [-0.2, 0) is 0 Å². The minimum absolute atomic E-state index is 0.0379. The second kappa shape index (κ2) is 10.3. The van der Waals surface area contributed by atoms with Crippen LogP contribution in [0.5, 0.6) is 0 Å². The first-order chi connectivity index (χ1) is 18.7. The molecular formula is C36H30N2. The van der Waals surface area contributed by atoms with Gasteiger partial charge in [0.2, 0.25) is 0 Å². The monoisotopic (exact) mass is 490 g/mol. The van der Waals surface area contributed by atoms with Crippen molar-refractivity contribution in [3.8, 4) is 11.1 Å². The van der Waals surface area contributed by atoms with Gasteiger partial charge in [0.15, 0.2) is 0 Å². The topological polar surface area (TPSA) is 38.0 Å². The van der Waals surface area contributed by atoms with Crippen LogP contribution in [0.25, 0.3) is 38.4 Å². The van der Waals surface area contributed by atoms with Crippen LogP contribution in [0, 0.1) is 0 Å². The molecule has 0 saturated carbocycles. The normalized spacial score (nSPS) is 12.5.